The Kier molecular flexibility index (Phi) is 2.17. The summed E-state index contributed by atoms with van der Waals surface area (Å²) >= 11 is 0. The first kappa shape index (κ1) is 9.32. The first-order valence-corrected chi connectivity index (χ1v) is 4.22. The number of nitro benzene ring substituents is 1. The predicted octanol–water partition coefficient (Wildman–Crippen LogP) is 1.95. The number of nitro groups is 1. The van der Waals surface area contributed by atoms with Gasteiger partial charge in [0.15, 0.2) is 0 Å². The fraction of sp³-hybridized carbons (Fsp3) is 0.111. The van der Waals surface area contributed by atoms with Crippen molar-refractivity contribution in [2.75, 3.05) is 0 Å². The van der Waals surface area contributed by atoms with Crippen LogP contribution in [0.4, 0.5) is 5.69 Å². The second-order valence-corrected chi connectivity index (χ2v) is 3.00. The van der Waals surface area contributed by atoms with E-state index in [-0.39, 0.29) is 5.69 Å². The van der Waals surface area contributed by atoms with Crippen LogP contribution in [-0.2, 0) is 0 Å². The van der Waals surface area contributed by atoms with Gasteiger partial charge in [0.05, 0.1) is 4.92 Å². The Labute approximate surface area is 84.6 Å². The summed E-state index contributed by atoms with van der Waals surface area (Å²) < 4.78 is 4.54. The minimum Gasteiger partial charge on any atom is -0.258 e. The summed E-state index contributed by atoms with van der Waals surface area (Å²) in [6.45, 7) is 1.76. The monoisotopic (exact) mass is 205 g/mol. The van der Waals surface area contributed by atoms with Gasteiger partial charge in [-0.1, -0.05) is 5.16 Å². The maximum atomic E-state index is 10.4. The minimum absolute atomic E-state index is 0.0489. The Morgan fingerprint density at radius 1 is 1.27 bits per heavy atom. The Morgan fingerprint density at radius 2 is 1.93 bits per heavy atom. The maximum Gasteiger partial charge on any atom is 0.269 e. The SMILES string of the molecule is Cc1nonc1-c1ccc([N+](=O)[O-])cc1. The van der Waals surface area contributed by atoms with Crippen molar-refractivity contribution in [1.29, 1.82) is 0 Å². The zero-order chi connectivity index (χ0) is 10.8. The zero-order valence-corrected chi connectivity index (χ0v) is 7.88. The van der Waals surface area contributed by atoms with Gasteiger partial charge in [-0.25, -0.2) is 4.63 Å². The molecule has 0 saturated heterocycles. The van der Waals surface area contributed by atoms with Gasteiger partial charge in [0.25, 0.3) is 5.69 Å². The highest BCUT2D eigenvalue weighted by Crippen LogP contribution is 2.22. The highest BCUT2D eigenvalue weighted by Gasteiger charge is 2.10. The largest absolute Gasteiger partial charge is 0.269 e. The minimum atomic E-state index is -0.447. The van der Waals surface area contributed by atoms with Crippen molar-refractivity contribution in [2.45, 2.75) is 6.92 Å². The van der Waals surface area contributed by atoms with Crippen LogP contribution in [-0.4, -0.2) is 15.2 Å². The maximum absolute atomic E-state index is 10.4. The van der Waals surface area contributed by atoms with Gasteiger partial charge in [0.1, 0.15) is 11.4 Å². The molecule has 0 atom stereocenters. The summed E-state index contributed by atoms with van der Waals surface area (Å²) in [4.78, 5) is 9.98. The first-order chi connectivity index (χ1) is 7.18. The molecule has 0 aliphatic carbocycles. The average Bonchev–Trinajstić information content (AvgIpc) is 2.65. The topological polar surface area (TPSA) is 82.1 Å². The van der Waals surface area contributed by atoms with E-state index in [0.717, 1.165) is 5.56 Å². The summed E-state index contributed by atoms with van der Waals surface area (Å²) in [5.41, 5.74) is 2.06. The third kappa shape index (κ3) is 1.69. The standard InChI is InChI=1S/C9H7N3O3/c1-6-9(11-15-10-6)7-2-4-8(5-3-7)12(13)14/h2-5H,1H3. The number of hydrogen-bond donors (Lipinski definition) is 0. The molecule has 0 bridgehead atoms. The molecule has 15 heavy (non-hydrogen) atoms. The van der Waals surface area contributed by atoms with Crippen molar-refractivity contribution in [2.24, 2.45) is 0 Å². The molecule has 1 aromatic heterocycles. The lowest BCUT2D eigenvalue weighted by atomic mass is 10.1. The van der Waals surface area contributed by atoms with Crippen molar-refractivity contribution in [1.82, 2.24) is 10.3 Å². The molecule has 76 valence electrons. The van der Waals surface area contributed by atoms with Gasteiger partial charge in [-0.15, -0.1) is 0 Å². The summed E-state index contributed by atoms with van der Waals surface area (Å²) in [6, 6.07) is 6.07. The summed E-state index contributed by atoms with van der Waals surface area (Å²) in [5, 5.41) is 17.8. The highest BCUT2D eigenvalue weighted by molar-refractivity contribution is 5.62. The van der Waals surface area contributed by atoms with Gasteiger partial charge in [-0.2, -0.15) is 0 Å². The Hall–Kier alpha value is -2.24. The van der Waals surface area contributed by atoms with E-state index in [4.69, 9.17) is 0 Å². The molecule has 1 aromatic carbocycles. The molecule has 6 nitrogen and oxygen atoms in total. The van der Waals surface area contributed by atoms with E-state index in [1.54, 1.807) is 19.1 Å². The van der Waals surface area contributed by atoms with Crippen molar-refractivity contribution in [3.63, 3.8) is 0 Å². The van der Waals surface area contributed by atoms with E-state index < -0.39 is 4.92 Å². The zero-order valence-electron chi connectivity index (χ0n) is 7.88. The Balaban J connectivity index is 2.40. The first-order valence-electron chi connectivity index (χ1n) is 4.22. The Morgan fingerprint density at radius 3 is 2.40 bits per heavy atom. The van der Waals surface area contributed by atoms with Gasteiger partial charge in [-0.3, -0.25) is 10.1 Å². The molecule has 0 N–H and O–H groups in total. The van der Waals surface area contributed by atoms with Crippen LogP contribution >= 0.6 is 0 Å². The van der Waals surface area contributed by atoms with Crippen LogP contribution in [0.1, 0.15) is 5.69 Å². The van der Waals surface area contributed by atoms with Gasteiger partial charge in [0, 0.05) is 17.7 Å². The number of aryl methyl sites for hydroxylation is 1. The molecule has 1 heterocycles. The fourth-order valence-electron chi connectivity index (χ4n) is 1.23. The van der Waals surface area contributed by atoms with Gasteiger partial charge < -0.3 is 0 Å². The lowest BCUT2D eigenvalue weighted by Gasteiger charge is -1.95. The number of rotatable bonds is 2. The predicted molar refractivity (Wildman–Crippen MR) is 51.1 cm³/mol. The molecule has 0 fully saturated rings. The van der Waals surface area contributed by atoms with Gasteiger partial charge in [0.2, 0.25) is 0 Å². The van der Waals surface area contributed by atoms with Crippen molar-refractivity contribution < 1.29 is 9.55 Å². The molecule has 2 rings (SSSR count). The normalized spacial score (nSPS) is 10.2. The van der Waals surface area contributed by atoms with E-state index in [1.807, 2.05) is 0 Å². The number of aromatic nitrogens is 2. The lowest BCUT2D eigenvalue weighted by molar-refractivity contribution is -0.384. The molecule has 6 heteroatoms. The summed E-state index contributed by atoms with van der Waals surface area (Å²) in [7, 11) is 0. The van der Waals surface area contributed by atoms with Crippen molar-refractivity contribution in [3.05, 3.63) is 40.1 Å². The quantitative estimate of drug-likeness (QED) is 0.552. The molecule has 0 aliphatic rings. The average molecular weight is 205 g/mol. The summed E-state index contributed by atoms with van der Waals surface area (Å²) in [6.07, 6.45) is 0. The van der Waals surface area contributed by atoms with Crippen LogP contribution in [0.2, 0.25) is 0 Å². The third-order valence-electron chi connectivity index (χ3n) is 2.00. The van der Waals surface area contributed by atoms with E-state index >= 15 is 0 Å². The van der Waals surface area contributed by atoms with Crippen LogP contribution in [0.15, 0.2) is 28.9 Å². The van der Waals surface area contributed by atoms with Gasteiger partial charge >= 0.3 is 0 Å². The fourth-order valence-corrected chi connectivity index (χ4v) is 1.23. The number of benzene rings is 1. The molecule has 0 radical (unpaired) electrons. The van der Waals surface area contributed by atoms with E-state index in [1.165, 1.54) is 12.1 Å². The number of non-ortho nitro benzene ring substituents is 1. The second-order valence-electron chi connectivity index (χ2n) is 3.00. The molecular weight excluding hydrogens is 198 g/mol. The molecule has 0 unspecified atom stereocenters. The molecule has 0 aliphatic heterocycles. The number of nitrogens with zero attached hydrogens (tertiary/aromatic N) is 3. The van der Waals surface area contributed by atoms with Gasteiger partial charge in [-0.05, 0) is 24.2 Å². The molecule has 0 spiro atoms. The van der Waals surface area contributed by atoms with Crippen LogP contribution in [0.25, 0.3) is 11.3 Å². The third-order valence-corrected chi connectivity index (χ3v) is 2.00. The number of hydrogen-bond acceptors (Lipinski definition) is 5. The van der Waals surface area contributed by atoms with Crippen LogP contribution in [0.5, 0.6) is 0 Å². The smallest absolute Gasteiger partial charge is 0.258 e. The highest BCUT2D eigenvalue weighted by atomic mass is 16.6. The van der Waals surface area contributed by atoms with Crippen molar-refractivity contribution >= 4 is 5.69 Å². The van der Waals surface area contributed by atoms with Crippen LogP contribution in [0, 0.1) is 17.0 Å². The molecule has 0 saturated carbocycles. The Bertz CT molecular complexity index is 490. The van der Waals surface area contributed by atoms with Crippen LogP contribution in [0.3, 0.4) is 0 Å². The van der Waals surface area contributed by atoms with E-state index in [2.05, 4.69) is 14.9 Å². The molecule has 0 amide bonds. The summed E-state index contributed by atoms with van der Waals surface area (Å²) in [5.74, 6) is 0. The molecular formula is C9H7N3O3. The van der Waals surface area contributed by atoms with E-state index in [9.17, 15) is 10.1 Å². The molecule has 2 aromatic rings. The lowest BCUT2D eigenvalue weighted by Crippen LogP contribution is -1.87. The second kappa shape index (κ2) is 3.49. The van der Waals surface area contributed by atoms with Crippen LogP contribution < -0.4 is 0 Å². The van der Waals surface area contributed by atoms with E-state index in [0.29, 0.717) is 11.4 Å². The van der Waals surface area contributed by atoms with Crippen molar-refractivity contribution in [3.8, 4) is 11.3 Å².